The van der Waals surface area contributed by atoms with Gasteiger partial charge in [0.05, 0.1) is 22.1 Å². The first-order valence-electron chi connectivity index (χ1n) is 5.08. The van der Waals surface area contributed by atoms with Crippen LogP contribution < -0.4 is 5.73 Å². The maximum Gasteiger partial charge on any atom is 0.111 e. The molecule has 2 N–H and O–H groups in total. The molecular formula is C11H15N3S2. The van der Waals surface area contributed by atoms with E-state index >= 15 is 0 Å². The zero-order valence-corrected chi connectivity index (χ0v) is 11.2. The van der Waals surface area contributed by atoms with Crippen molar-refractivity contribution < 1.29 is 0 Å². The van der Waals surface area contributed by atoms with E-state index in [2.05, 4.69) is 36.1 Å². The summed E-state index contributed by atoms with van der Waals surface area (Å²) >= 11 is 3.23. The van der Waals surface area contributed by atoms with E-state index in [9.17, 15) is 0 Å². The van der Waals surface area contributed by atoms with Gasteiger partial charge in [-0.15, -0.1) is 22.7 Å². The molecule has 1 unspecified atom stereocenters. The van der Waals surface area contributed by atoms with Crippen LogP contribution >= 0.6 is 22.7 Å². The smallest absolute Gasteiger partial charge is 0.111 e. The van der Waals surface area contributed by atoms with Gasteiger partial charge in [-0.05, 0) is 5.41 Å². The Labute approximate surface area is 103 Å². The number of aromatic nitrogens is 2. The van der Waals surface area contributed by atoms with E-state index in [1.807, 2.05) is 11.7 Å². The molecule has 2 aromatic heterocycles. The first kappa shape index (κ1) is 11.7. The molecule has 2 rings (SSSR count). The molecule has 0 aromatic carbocycles. The number of hydrogen-bond donors (Lipinski definition) is 1. The van der Waals surface area contributed by atoms with Crippen LogP contribution in [0.1, 0.15) is 31.8 Å². The fourth-order valence-corrected chi connectivity index (χ4v) is 2.98. The van der Waals surface area contributed by atoms with E-state index in [1.165, 1.54) is 0 Å². The molecule has 1 atom stereocenters. The van der Waals surface area contributed by atoms with Gasteiger partial charge in [0.15, 0.2) is 0 Å². The van der Waals surface area contributed by atoms with Gasteiger partial charge in [0, 0.05) is 11.6 Å². The largest absolute Gasteiger partial charge is 0.322 e. The number of hydrogen-bond acceptors (Lipinski definition) is 5. The van der Waals surface area contributed by atoms with Gasteiger partial charge >= 0.3 is 0 Å². The van der Waals surface area contributed by atoms with Crippen LogP contribution in [-0.4, -0.2) is 9.97 Å². The Morgan fingerprint density at radius 3 is 2.62 bits per heavy atom. The second-order valence-corrected chi connectivity index (χ2v) is 6.56. The van der Waals surface area contributed by atoms with Crippen molar-refractivity contribution in [3.8, 4) is 10.6 Å². The maximum atomic E-state index is 6.17. The third-order valence-electron chi connectivity index (χ3n) is 2.41. The molecule has 0 bridgehead atoms. The van der Waals surface area contributed by atoms with E-state index < -0.39 is 0 Å². The van der Waals surface area contributed by atoms with Gasteiger partial charge in [0.25, 0.3) is 0 Å². The van der Waals surface area contributed by atoms with Crippen LogP contribution in [0.2, 0.25) is 0 Å². The topological polar surface area (TPSA) is 51.8 Å². The second-order valence-electron chi connectivity index (χ2n) is 4.78. The standard InChI is InChI=1S/C11H15N3S2/c1-11(2,3)9(12)10-14-7(5-15-10)8-4-13-6-16-8/h4-6,9H,12H2,1-3H3. The zero-order chi connectivity index (χ0) is 11.8. The molecule has 0 aliphatic carbocycles. The van der Waals surface area contributed by atoms with Crippen molar-refractivity contribution in [3.63, 3.8) is 0 Å². The summed E-state index contributed by atoms with van der Waals surface area (Å²) in [4.78, 5) is 9.74. The van der Waals surface area contributed by atoms with Crippen molar-refractivity contribution in [2.75, 3.05) is 0 Å². The molecule has 86 valence electrons. The third kappa shape index (κ3) is 2.31. The van der Waals surface area contributed by atoms with Gasteiger partial charge in [-0.3, -0.25) is 4.98 Å². The normalized spacial score (nSPS) is 14.0. The Hall–Kier alpha value is -0.780. The van der Waals surface area contributed by atoms with Gasteiger partial charge in [-0.25, -0.2) is 4.98 Å². The molecule has 0 saturated carbocycles. The highest BCUT2D eigenvalue weighted by Gasteiger charge is 2.25. The zero-order valence-electron chi connectivity index (χ0n) is 9.60. The minimum Gasteiger partial charge on any atom is -0.322 e. The molecule has 3 nitrogen and oxygen atoms in total. The molecule has 2 aromatic rings. The predicted octanol–water partition coefficient (Wildman–Crippen LogP) is 3.31. The van der Waals surface area contributed by atoms with Crippen molar-refractivity contribution in [2.24, 2.45) is 11.1 Å². The molecule has 0 radical (unpaired) electrons. The Bertz CT molecular complexity index is 454. The lowest BCUT2D eigenvalue weighted by Gasteiger charge is -2.24. The molecule has 0 aliphatic heterocycles. The number of nitrogens with zero attached hydrogens (tertiary/aromatic N) is 2. The van der Waals surface area contributed by atoms with Gasteiger partial charge in [0.2, 0.25) is 0 Å². The SMILES string of the molecule is CC(C)(C)C(N)c1nc(-c2cncs2)cs1. The lowest BCUT2D eigenvalue weighted by Crippen LogP contribution is -2.26. The first-order valence-corrected chi connectivity index (χ1v) is 6.84. The van der Waals surface area contributed by atoms with E-state index in [4.69, 9.17) is 5.73 Å². The summed E-state index contributed by atoms with van der Waals surface area (Å²) in [5.74, 6) is 0. The summed E-state index contributed by atoms with van der Waals surface area (Å²) in [7, 11) is 0. The van der Waals surface area contributed by atoms with Crippen molar-refractivity contribution in [1.82, 2.24) is 9.97 Å². The van der Waals surface area contributed by atoms with Crippen molar-refractivity contribution in [3.05, 3.63) is 22.1 Å². The fourth-order valence-electron chi connectivity index (χ4n) is 1.26. The Kier molecular flexibility index (Phi) is 3.10. The van der Waals surface area contributed by atoms with Gasteiger partial charge in [-0.2, -0.15) is 0 Å². The monoisotopic (exact) mass is 253 g/mol. The first-order chi connectivity index (χ1) is 7.48. The van der Waals surface area contributed by atoms with Crippen molar-refractivity contribution in [1.29, 1.82) is 0 Å². The second kappa shape index (κ2) is 4.24. The van der Waals surface area contributed by atoms with E-state index in [0.29, 0.717) is 0 Å². The molecule has 0 aliphatic rings. The number of thiazole rings is 2. The molecule has 2 heterocycles. The van der Waals surface area contributed by atoms with Gasteiger partial charge < -0.3 is 5.73 Å². The van der Waals surface area contributed by atoms with Crippen molar-refractivity contribution >= 4 is 22.7 Å². The van der Waals surface area contributed by atoms with Gasteiger partial charge in [0.1, 0.15) is 5.01 Å². The minimum atomic E-state index is -0.0147. The Balaban J connectivity index is 2.27. The highest BCUT2D eigenvalue weighted by atomic mass is 32.1. The summed E-state index contributed by atoms with van der Waals surface area (Å²) in [6, 6.07) is -0.0147. The summed E-state index contributed by atoms with van der Waals surface area (Å²) in [5, 5.41) is 3.05. The highest BCUT2D eigenvalue weighted by Crippen LogP contribution is 2.34. The highest BCUT2D eigenvalue weighted by molar-refractivity contribution is 7.14. The molecule has 0 amide bonds. The van der Waals surface area contributed by atoms with E-state index in [-0.39, 0.29) is 11.5 Å². The molecule has 16 heavy (non-hydrogen) atoms. The van der Waals surface area contributed by atoms with Crippen LogP contribution in [0, 0.1) is 5.41 Å². The van der Waals surface area contributed by atoms with Crippen LogP contribution in [0.5, 0.6) is 0 Å². The van der Waals surface area contributed by atoms with E-state index in [0.717, 1.165) is 15.6 Å². The molecule has 5 heteroatoms. The summed E-state index contributed by atoms with van der Waals surface area (Å²) in [5.41, 5.74) is 9.02. The van der Waals surface area contributed by atoms with Gasteiger partial charge in [-0.1, -0.05) is 20.8 Å². The fraction of sp³-hybridized carbons (Fsp3) is 0.455. The van der Waals surface area contributed by atoms with Crippen LogP contribution in [0.25, 0.3) is 10.6 Å². The molecular weight excluding hydrogens is 238 g/mol. The van der Waals surface area contributed by atoms with Crippen LogP contribution in [0.3, 0.4) is 0 Å². The summed E-state index contributed by atoms with van der Waals surface area (Å²) in [6.07, 6.45) is 1.84. The minimum absolute atomic E-state index is 0.0147. The quantitative estimate of drug-likeness (QED) is 0.893. The van der Waals surface area contributed by atoms with E-state index in [1.54, 1.807) is 22.7 Å². The van der Waals surface area contributed by atoms with Crippen LogP contribution in [0.4, 0.5) is 0 Å². The number of rotatable bonds is 2. The average molecular weight is 253 g/mol. The Morgan fingerprint density at radius 2 is 2.06 bits per heavy atom. The maximum absolute atomic E-state index is 6.17. The third-order valence-corrected chi connectivity index (χ3v) is 4.13. The molecule has 0 spiro atoms. The predicted molar refractivity (Wildman–Crippen MR) is 69.6 cm³/mol. The molecule has 0 fully saturated rings. The van der Waals surface area contributed by atoms with Crippen molar-refractivity contribution in [2.45, 2.75) is 26.8 Å². The lowest BCUT2D eigenvalue weighted by atomic mass is 9.88. The number of nitrogens with two attached hydrogens (primary N) is 1. The summed E-state index contributed by atoms with van der Waals surface area (Å²) < 4.78 is 0. The molecule has 0 saturated heterocycles. The summed E-state index contributed by atoms with van der Waals surface area (Å²) in [6.45, 7) is 6.39. The lowest BCUT2D eigenvalue weighted by molar-refractivity contribution is 0.326. The average Bonchev–Trinajstić information content (AvgIpc) is 2.85. The van der Waals surface area contributed by atoms with Crippen LogP contribution in [-0.2, 0) is 0 Å². The Morgan fingerprint density at radius 1 is 1.31 bits per heavy atom. The van der Waals surface area contributed by atoms with Crippen LogP contribution in [0.15, 0.2) is 17.1 Å².